The average molecular weight is 184 g/mol. The van der Waals surface area contributed by atoms with Crippen LogP contribution in [0.5, 0.6) is 0 Å². The molecule has 1 rings (SSSR count). The Morgan fingerprint density at radius 1 is 1.38 bits per heavy atom. The molecule has 1 saturated carbocycles. The summed E-state index contributed by atoms with van der Waals surface area (Å²) >= 11 is 0. The first kappa shape index (κ1) is 10.5. The molecule has 13 heavy (non-hydrogen) atoms. The molecule has 0 heterocycles. The van der Waals surface area contributed by atoms with E-state index in [0.717, 1.165) is 0 Å². The number of amides is 1. The fourth-order valence-corrected chi connectivity index (χ4v) is 1.93. The molecule has 0 saturated heterocycles. The predicted molar refractivity (Wildman–Crippen MR) is 53.2 cm³/mol. The molecule has 0 aromatic carbocycles. The standard InChI is InChI=1S/C10H20N2O/c1-7(11)10(13)12-8(2)9-5-3-4-6-9/h7-9H,3-6,11H2,1-2H3,(H,12,13)/t7-,8-/m0/s1. The van der Waals surface area contributed by atoms with E-state index in [1.807, 2.05) is 0 Å². The highest BCUT2D eigenvalue weighted by Crippen LogP contribution is 2.27. The highest BCUT2D eigenvalue weighted by molar-refractivity contribution is 5.81. The number of nitrogens with one attached hydrogen (secondary N) is 1. The number of nitrogens with two attached hydrogens (primary N) is 1. The van der Waals surface area contributed by atoms with Crippen molar-refractivity contribution in [2.75, 3.05) is 0 Å². The molecule has 0 aliphatic heterocycles. The van der Waals surface area contributed by atoms with Gasteiger partial charge in [-0.25, -0.2) is 0 Å². The molecule has 0 aromatic rings. The minimum atomic E-state index is -0.385. The van der Waals surface area contributed by atoms with Crippen LogP contribution in [0.2, 0.25) is 0 Å². The fraction of sp³-hybridized carbons (Fsp3) is 0.900. The van der Waals surface area contributed by atoms with Crippen molar-refractivity contribution in [2.45, 2.75) is 51.6 Å². The molecule has 2 atom stereocenters. The highest BCUT2D eigenvalue weighted by Gasteiger charge is 2.23. The Balaban J connectivity index is 2.31. The maximum Gasteiger partial charge on any atom is 0.236 e. The quantitative estimate of drug-likeness (QED) is 0.688. The lowest BCUT2D eigenvalue weighted by molar-refractivity contribution is -0.122. The zero-order chi connectivity index (χ0) is 9.84. The first-order chi connectivity index (χ1) is 6.11. The van der Waals surface area contributed by atoms with Crippen molar-refractivity contribution in [1.82, 2.24) is 5.32 Å². The molecule has 1 aliphatic rings. The molecule has 3 N–H and O–H groups in total. The van der Waals surface area contributed by atoms with E-state index in [9.17, 15) is 4.79 Å². The van der Waals surface area contributed by atoms with E-state index in [2.05, 4.69) is 12.2 Å². The summed E-state index contributed by atoms with van der Waals surface area (Å²) in [6.45, 7) is 3.80. The van der Waals surface area contributed by atoms with E-state index in [1.54, 1.807) is 6.92 Å². The number of carbonyl (C=O) groups excluding carboxylic acids is 1. The zero-order valence-corrected chi connectivity index (χ0v) is 8.55. The van der Waals surface area contributed by atoms with Crippen LogP contribution in [0.1, 0.15) is 39.5 Å². The molecule has 0 spiro atoms. The third-order valence-electron chi connectivity index (χ3n) is 2.89. The van der Waals surface area contributed by atoms with Gasteiger partial charge in [0.05, 0.1) is 6.04 Å². The van der Waals surface area contributed by atoms with E-state index in [1.165, 1.54) is 25.7 Å². The molecular formula is C10H20N2O. The molecule has 1 aliphatic carbocycles. The Hall–Kier alpha value is -0.570. The molecule has 0 unspecified atom stereocenters. The minimum Gasteiger partial charge on any atom is -0.352 e. The van der Waals surface area contributed by atoms with Crippen molar-refractivity contribution in [1.29, 1.82) is 0 Å². The second-order valence-corrected chi connectivity index (χ2v) is 4.13. The molecule has 3 heteroatoms. The summed E-state index contributed by atoms with van der Waals surface area (Å²) in [4.78, 5) is 11.3. The number of hydrogen-bond acceptors (Lipinski definition) is 2. The van der Waals surface area contributed by atoms with Crippen molar-refractivity contribution in [3.05, 3.63) is 0 Å². The van der Waals surface area contributed by atoms with Gasteiger partial charge in [0.2, 0.25) is 5.91 Å². The van der Waals surface area contributed by atoms with Gasteiger partial charge in [-0.2, -0.15) is 0 Å². The van der Waals surface area contributed by atoms with Gasteiger partial charge in [-0.15, -0.1) is 0 Å². The third kappa shape index (κ3) is 2.99. The van der Waals surface area contributed by atoms with E-state index in [-0.39, 0.29) is 11.9 Å². The van der Waals surface area contributed by atoms with Crippen LogP contribution in [0, 0.1) is 5.92 Å². The molecule has 3 nitrogen and oxygen atoms in total. The smallest absolute Gasteiger partial charge is 0.236 e. The lowest BCUT2D eigenvalue weighted by Gasteiger charge is -2.21. The normalized spacial score (nSPS) is 22.7. The highest BCUT2D eigenvalue weighted by atomic mass is 16.2. The number of hydrogen-bond donors (Lipinski definition) is 2. The summed E-state index contributed by atoms with van der Waals surface area (Å²) in [5.41, 5.74) is 5.47. The van der Waals surface area contributed by atoms with Crippen LogP contribution < -0.4 is 11.1 Å². The van der Waals surface area contributed by atoms with E-state index >= 15 is 0 Å². The second-order valence-electron chi connectivity index (χ2n) is 4.13. The van der Waals surface area contributed by atoms with Gasteiger partial charge in [0.25, 0.3) is 0 Å². The van der Waals surface area contributed by atoms with Gasteiger partial charge in [0.15, 0.2) is 0 Å². The Morgan fingerprint density at radius 3 is 2.38 bits per heavy atom. The lowest BCUT2D eigenvalue weighted by atomic mass is 9.99. The Bertz CT molecular complexity index is 174. The zero-order valence-electron chi connectivity index (χ0n) is 8.55. The monoisotopic (exact) mass is 184 g/mol. The third-order valence-corrected chi connectivity index (χ3v) is 2.89. The lowest BCUT2D eigenvalue weighted by Crippen LogP contribution is -2.45. The van der Waals surface area contributed by atoms with Crippen LogP contribution in [0.25, 0.3) is 0 Å². The molecule has 0 radical (unpaired) electrons. The van der Waals surface area contributed by atoms with Gasteiger partial charge in [0.1, 0.15) is 0 Å². The van der Waals surface area contributed by atoms with Crippen LogP contribution in [-0.2, 0) is 4.79 Å². The van der Waals surface area contributed by atoms with Crippen LogP contribution in [0.3, 0.4) is 0 Å². The van der Waals surface area contributed by atoms with Crippen LogP contribution in [0.4, 0.5) is 0 Å². The summed E-state index contributed by atoms with van der Waals surface area (Å²) in [6, 6.07) is -0.0927. The van der Waals surface area contributed by atoms with Gasteiger partial charge in [0, 0.05) is 6.04 Å². The maximum atomic E-state index is 11.3. The molecular weight excluding hydrogens is 164 g/mol. The molecule has 1 fully saturated rings. The molecule has 0 bridgehead atoms. The second kappa shape index (κ2) is 4.61. The van der Waals surface area contributed by atoms with E-state index in [0.29, 0.717) is 12.0 Å². The first-order valence-corrected chi connectivity index (χ1v) is 5.17. The van der Waals surface area contributed by atoms with Gasteiger partial charge >= 0.3 is 0 Å². The maximum absolute atomic E-state index is 11.3. The van der Waals surface area contributed by atoms with E-state index < -0.39 is 0 Å². The van der Waals surface area contributed by atoms with Gasteiger partial charge < -0.3 is 11.1 Å². The largest absolute Gasteiger partial charge is 0.352 e. The summed E-state index contributed by atoms with van der Waals surface area (Å²) in [5, 5.41) is 2.96. The molecule has 1 amide bonds. The van der Waals surface area contributed by atoms with Crippen molar-refractivity contribution in [3.8, 4) is 0 Å². The van der Waals surface area contributed by atoms with Gasteiger partial charge in [-0.05, 0) is 32.6 Å². The van der Waals surface area contributed by atoms with Crippen LogP contribution >= 0.6 is 0 Å². The van der Waals surface area contributed by atoms with E-state index in [4.69, 9.17) is 5.73 Å². The Morgan fingerprint density at radius 2 is 1.92 bits per heavy atom. The van der Waals surface area contributed by atoms with Gasteiger partial charge in [-0.3, -0.25) is 4.79 Å². The summed E-state index contributed by atoms with van der Waals surface area (Å²) in [7, 11) is 0. The molecule has 76 valence electrons. The fourth-order valence-electron chi connectivity index (χ4n) is 1.93. The van der Waals surface area contributed by atoms with Crippen molar-refractivity contribution < 1.29 is 4.79 Å². The number of carbonyl (C=O) groups is 1. The van der Waals surface area contributed by atoms with Crippen molar-refractivity contribution in [3.63, 3.8) is 0 Å². The van der Waals surface area contributed by atoms with Crippen molar-refractivity contribution >= 4 is 5.91 Å². The SMILES string of the molecule is C[C@H](N)C(=O)N[C@@H](C)C1CCCC1. The Labute approximate surface area is 80.1 Å². The summed E-state index contributed by atoms with van der Waals surface area (Å²) in [5.74, 6) is 0.641. The summed E-state index contributed by atoms with van der Waals surface area (Å²) in [6.07, 6.45) is 5.12. The van der Waals surface area contributed by atoms with Gasteiger partial charge in [-0.1, -0.05) is 12.8 Å². The van der Waals surface area contributed by atoms with Crippen molar-refractivity contribution in [2.24, 2.45) is 11.7 Å². The van der Waals surface area contributed by atoms with Crippen LogP contribution in [-0.4, -0.2) is 18.0 Å². The van der Waals surface area contributed by atoms with Crippen LogP contribution in [0.15, 0.2) is 0 Å². The first-order valence-electron chi connectivity index (χ1n) is 5.17. The number of rotatable bonds is 3. The minimum absolute atomic E-state index is 0.0283. The summed E-state index contributed by atoms with van der Waals surface area (Å²) < 4.78 is 0. The average Bonchev–Trinajstić information content (AvgIpc) is 2.55. The predicted octanol–water partition coefficient (Wildman–Crippen LogP) is 1.03. The molecule has 0 aromatic heterocycles. The Kier molecular flexibility index (Phi) is 3.72. The topological polar surface area (TPSA) is 55.1 Å².